The molecule has 0 spiro atoms. The summed E-state index contributed by atoms with van der Waals surface area (Å²) in [5.41, 5.74) is 1.22. The van der Waals surface area contributed by atoms with Crippen molar-refractivity contribution in [2.45, 2.75) is 52.4 Å². The minimum Gasteiger partial charge on any atom is -0.341 e. The highest BCUT2D eigenvalue weighted by Gasteiger charge is 2.20. The highest BCUT2D eigenvalue weighted by molar-refractivity contribution is 5.30. The zero-order chi connectivity index (χ0) is 12.8. The number of aryl methyl sites for hydroxylation is 1. The Morgan fingerprint density at radius 3 is 2.39 bits per heavy atom. The van der Waals surface area contributed by atoms with Gasteiger partial charge in [-0.3, -0.25) is 0 Å². The number of piperidine rings is 1. The number of nitrogens with zero attached hydrogens (tertiary/aromatic N) is 3. The van der Waals surface area contributed by atoms with E-state index in [2.05, 4.69) is 28.7 Å². The van der Waals surface area contributed by atoms with Gasteiger partial charge in [0.2, 0.25) is 5.95 Å². The van der Waals surface area contributed by atoms with Gasteiger partial charge in [0, 0.05) is 25.5 Å². The number of hydrogen-bond acceptors (Lipinski definition) is 3. The topological polar surface area (TPSA) is 29.0 Å². The van der Waals surface area contributed by atoms with Crippen LogP contribution in [-0.4, -0.2) is 23.1 Å². The van der Waals surface area contributed by atoms with Crippen LogP contribution < -0.4 is 4.90 Å². The van der Waals surface area contributed by atoms with Gasteiger partial charge < -0.3 is 4.90 Å². The summed E-state index contributed by atoms with van der Waals surface area (Å²) in [6.45, 7) is 6.66. The summed E-state index contributed by atoms with van der Waals surface area (Å²) in [6.07, 6.45) is 11.7. The maximum Gasteiger partial charge on any atom is 0.225 e. The van der Waals surface area contributed by atoms with Crippen molar-refractivity contribution in [2.24, 2.45) is 5.92 Å². The molecule has 0 amide bonds. The minimum atomic E-state index is 0.918. The lowest BCUT2D eigenvalue weighted by atomic mass is 9.92. The molecule has 1 aliphatic heterocycles. The van der Waals surface area contributed by atoms with Crippen molar-refractivity contribution in [1.29, 1.82) is 0 Å². The molecule has 0 radical (unpaired) electrons. The lowest BCUT2D eigenvalue weighted by Gasteiger charge is -2.32. The fourth-order valence-electron chi connectivity index (χ4n) is 2.61. The highest BCUT2D eigenvalue weighted by atomic mass is 15.2. The average molecular weight is 247 g/mol. The molecule has 1 aromatic heterocycles. The molecule has 0 atom stereocenters. The monoisotopic (exact) mass is 247 g/mol. The van der Waals surface area contributed by atoms with Gasteiger partial charge in [-0.1, -0.05) is 33.1 Å². The molecule has 1 aromatic rings. The maximum atomic E-state index is 4.48. The number of unbranched alkanes of at least 4 members (excludes halogenated alkanes) is 1. The van der Waals surface area contributed by atoms with Gasteiger partial charge in [-0.25, -0.2) is 9.97 Å². The van der Waals surface area contributed by atoms with Crippen LogP contribution in [0.3, 0.4) is 0 Å². The second kappa shape index (κ2) is 6.72. The second-order valence-corrected chi connectivity index (χ2v) is 5.32. The summed E-state index contributed by atoms with van der Waals surface area (Å²) in [4.78, 5) is 11.3. The Morgan fingerprint density at radius 1 is 1.17 bits per heavy atom. The van der Waals surface area contributed by atoms with Gasteiger partial charge in [-0.15, -0.1) is 0 Å². The van der Waals surface area contributed by atoms with Crippen LogP contribution in [0.5, 0.6) is 0 Å². The van der Waals surface area contributed by atoms with Gasteiger partial charge in [0.1, 0.15) is 0 Å². The Kier molecular flexibility index (Phi) is 4.97. The third kappa shape index (κ3) is 3.44. The van der Waals surface area contributed by atoms with Crippen LogP contribution in [0.1, 0.15) is 51.5 Å². The normalized spacial score (nSPS) is 17.1. The summed E-state index contributed by atoms with van der Waals surface area (Å²) >= 11 is 0. The van der Waals surface area contributed by atoms with E-state index in [9.17, 15) is 0 Å². The first-order valence-electron chi connectivity index (χ1n) is 7.39. The number of hydrogen-bond donors (Lipinski definition) is 0. The Morgan fingerprint density at radius 2 is 1.83 bits per heavy atom. The molecule has 1 saturated heterocycles. The van der Waals surface area contributed by atoms with Crippen molar-refractivity contribution < 1.29 is 0 Å². The van der Waals surface area contributed by atoms with Crippen molar-refractivity contribution >= 4 is 5.95 Å². The molecule has 2 heterocycles. The van der Waals surface area contributed by atoms with Gasteiger partial charge >= 0.3 is 0 Å². The van der Waals surface area contributed by atoms with Crippen LogP contribution in [0.15, 0.2) is 12.4 Å². The predicted molar refractivity (Wildman–Crippen MR) is 75.9 cm³/mol. The van der Waals surface area contributed by atoms with E-state index in [1.807, 2.05) is 12.4 Å². The Balaban J connectivity index is 1.84. The minimum absolute atomic E-state index is 0.918. The zero-order valence-electron chi connectivity index (χ0n) is 11.7. The van der Waals surface area contributed by atoms with Crippen LogP contribution in [0, 0.1) is 5.92 Å². The summed E-state index contributed by atoms with van der Waals surface area (Å²) in [5, 5.41) is 0. The lowest BCUT2D eigenvalue weighted by molar-refractivity contribution is 0.369. The van der Waals surface area contributed by atoms with E-state index in [0.717, 1.165) is 31.4 Å². The van der Waals surface area contributed by atoms with Gasteiger partial charge in [0.15, 0.2) is 0 Å². The Hall–Kier alpha value is -1.12. The van der Waals surface area contributed by atoms with E-state index in [0.29, 0.717) is 0 Å². The molecule has 0 N–H and O–H groups in total. The number of rotatable bonds is 5. The summed E-state index contributed by atoms with van der Waals surface area (Å²) in [5.74, 6) is 1.84. The molecule has 3 nitrogen and oxygen atoms in total. The molecule has 0 saturated carbocycles. The fraction of sp³-hybridized carbons (Fsp3) is 0.733. The summed E-state index contributed by atoms with van der Waals surface area (Å²) < 4.78 is 0. The van der Waals surface area contributed by atoms with Gasteiger partial charge in [-0.05, 0) is 30.7 Å². The molecule has 0 bridgehead atoms. The Bertz CT molecular complexity index is 339. The first-order chi connectivity index (χ1) is 8.83. The standard InChI is InChI=1S/C15H25N3/c1-3-5-6-14-7-9-18(10-8-14)15-16-11-13(4-2)12-17-15/h11-12,14H,3-10H2,1-2H3. The fourth-order valence-corrected chi connectivity index (χ4v) is 2.61. The molecule has 2 rings (SSSR count). The molecule has 100 valence electrons. The smallest absolute Gasteiger partial charge is 0.225 e. The number of anilines is 1. The Labute approximate surface area is 111 Å². The van der Waals surface area contributed by atoms with Crippen molar-refractivity contribution in [3.05, 3.63) is 18.0 Å². The average Bonchev–Trinajstić information content (AvgIpc) is 2.46. The van der Waals surface area contributed by atoms with Crippen molar-refractivity contribution in [3.8, 4) is 0 Å². The molecular formula is C15H25N3. The van der Waals surface area contributed by atoms with E-state index in [1.165, 1.54) is 37.7 Å². The second-order valence-electron chi connectivity index (χ2n) is 5.32. The molecule has 0 aliphatic carbocycles. The predicted octanol–water partition coefficient (Wildman–Crippen LogP) is 3.45. The molecular weight excluding hydrogens is 222 g/mol. The first kappa shape index (κ1) is 13.3. The van der Waals surface area contributed by atoms with E-state index in [4.69, 9.17) is 0 Å². The van der Waals surface area contributed by atoms with Crippen molar-refractivity contribution in [2.75, 3.05) is 18.0 Å². The van der Waals surface area contributed by atoms with Crippen molar-refractivity contribution in [1.82, 2.24) is 9.97 Å². The van der Waals surface area contributed by atoms with E-state index in [-0.39, 0.29) is 0 Å². The molecule has 3 heteroatoms. The van der Waals surface area contributed by atoms with E-state index >= 15 is 0 Å². The molecule has 1 aliphatic rings. The third-order valence-corrected chi connectivity index (χ3v) is 3.96. The first-order valence-corrected chi connectivity index (χ1v) is 7.39. The molecule has 0 unspecified atom stereocenters. The zero-order valence-corrected chi connectivity index (χ0v) is 11.7. The van der Waals surface area contributed by atoms with E-state index < -0.39 is 0 Å². The summed E-state index contributed by atoms with van der Waals surface area (Å²) in [7, 11) is 0. The summed E-state index contributed by atoms with van der Waals surface area (Å²) in [6, 6.07) is 0. The van der Waals surface area contributed by atoms with Gasteiger partial charge in [-0.2, -0.15) is 0 Å². The maximum absolute atomic E-state index is 4.48. The van der Waals surface area contributed by atoms with Gasteiger partial charge in [0.25, 0.3) is 0 Å². The van der Waals surface area contributed by atoms with Crippen LogP contribution in [0.4, 0.5) is 5.95 Å². The molecule has 18 heavy (non-hydrogen) atoms. The SMILES string of the molecule is CCCCC1CCN(c2ncc(CC)cn2)CC1. The largest absolute Gasteiger partial charge is 0.341 e. The van der Waals surface area contributed by atoms with Crippen LogP contribution >= 0.6 is 0 Å². The van der Waals surface area contributed by atoms with E-state index in [1.54, 1.807) is 0 Å². The molecule has 0 aromatic carbocycles. The van der Waals surface area contributed by atoms with Crippen LogP contribution in [0.25, 0.3) is 0 Å². The quantitative estimate of drug-likeness (QED) is 0.798. The number of aromatic nitrogens is 2. The van der Waals surface area contributed by atoms with Crippen LogP contribution in [-0.2, 0) is 6.42 Å². The van der Waals surface area contributed by atoms with Crippen LogP contribution in [0.2, 0.25) is 0 Å². The lowest BCUT2D eigenvalue weighted by Crippen LogP contribution is -2.34. The highest BCUT2D eigenvalue weighted by Crippen LogP contribution is 2.24. The van der Waals surface area contributed by atoms with Gasteiger partial charge in [0.05, 0.1) is 0 Å². The van der Waals surface area contributed by atoms with Crippen molar-refractivity contribution in [3.63, 3.8) is 0 Å². The molecule has 1 fully saturated rings. The third-order valence-electron chi connectivity index (χ3n) is 3.96.